The molecule has 0 fully saturated rings. The Morgan fingerprint density at radius 2 is 1.12 bits per heavy atom. The fourth-order valence-corrected chi connectivity index (χ4v) is 0.112. The molecule has 0 aliphatic carbocycles. The fourth-order valence-electron chi connectivity index (χ4n) is 0.112. The molecule has 0 heterocycles. The van der Waals surface area contributed by atoms with Crippen molar-refractivity contribution in [3.63, 3.8) is 0 Å². The molecular weight excluding hydrogens is 89.9 g/mol. The van der Waals surface area contributed by atoms with Gasteiger partial charge in [0.25, 0.3) is 0 Å². The molecule has 4 heteroatoms. The fraction of sp³-hybridized carbons (Fsp3) is 0.500. The molecule has 0 aromatic carbocycles. The molecule has 2 nitrogen and oxygen atoms in total. The molecule has 32 valence electrons. The summed E-state index contributed by atoms with van der Waals surface area (Å²) in [5.41, 5.74) is 0. The van der Waals surface area contributed by atoms with Crippen LogP contribution in [-0.2, 0) is 0 Å². The maximum atomic E-state index is 7.80. The van der Waals surface area contributed by atoms with Gasteiger partial charge in [-0.25, -0.2) is 0 Å². The SMILES string of the molecule is N#CCCC#N.[Li].[Li]. The van der Waals surface area contributed by atoms with Gasteiger partial charge in [0.05, 0.1) is 12.1 Å². The number of unbranched alkanes of at least 4 members (excludes halogenated alkanes) is 1. The van der Waals surface area contributed by atoms with E-state index in [1.54, 1.807) is 0 Å². The monoisotopic (exact) mass is 94.1 g/mol. The van der Waals surface area contributed by atoms with Gasteiger partial charge in [-0.15, -0.1) is 0 Å². The minimum Gasteiger partial charge on any atom is -0.198 e. The van der Waals surface area contributed by atoms with Crippen molar-refractivity contribution in [3.8, 4) is 12.1 Å². The van der Waals surface area contributed by atoms with E-state index in [2.05, 4.69) is 0 Å². The van der Waals surface area contributed by atoms with Crippen molar-refractivity contribution in [3.05, 3.63) is 0 Å². The Morgan fingerprint density at radius 3 is 1.25 bits per heavy atom. The van der Waals surface area contributed by atoms with E-state index in [0.29, 0.717) is 12.8 Å². The molecule has 0 N–H and O–H groups in total. The zero-order valence-corrected chi connectivity index (χ0v) is 5.31. The Morgan fingerprint density at radius 1 is 0.875 bits per heavy atom. The topological polar surface area (TPSA) is 47.6 Å². The molecule has 2 radical (unpaired) electrons. The number of hydrogen-bond acceptors (Lipinski definition) is 2. The summed E-state index contributed by atoms with van der Waals surface area (Å²) in [5, 5.41) is 15.6. The van der Waals surface area contributed by atoms with Crippen LogP contribution in [0.4, 0.5) is 0 Å². The van der Waals surface area contributed by atoms with Crippen LogP contribution in [0, 0.1) is 22.7 Å². The average molecular weight is 94.0 g/mol. The van der Waals surface area contributed by atoms with Crippen molar-refractivity contribution in [2.45, 2.75) is 12.8 Å². The van der Waals surface area contributed by atoms with Gasteiger partial charge in [-0.3, -0.25) is 0 Å². The van der Waals surface area contributed by atoms with Gasteiger partial charge >= 0.3 is 0 Å². The second-order valence-electron chi connectivity index (χ2n) is 0.816. The molecular formula is C4H4Li2N2. The van der Waals surface area contributed by atoms with Crippen LogP contribution in [0.25, 0.3) is 0 Å². The van der Waals surface area contributed by atoms with Crippen LogP contribution < -0.4 is 0 Å². The van der Waals surface area contributed by atoms with Crippen LogP contribution in [0.2, 0.25) is 0 Å². The zero-order chi connectivity index (χ0) is 4.83. The first-order valence-electron chi connectivity index (χ1n) is 1.65. The Balaban J connectivity index is -0.000000125. The normalized spacial score (nSPS) is 4.25. The molecule has 0 atom stereocenters. The van der Waals surface area contributed by atoms with E-state index in [9.17, 15) is 0 Å². The number of rotatable bonds is 1. The second kappa shape index (κ2) is 15.7. The predicted molar refractivity (Wildman–Crippen MR) is 32.0 cm³/mol. The van der Waals surface area contributed by atoms with Gasteiger partial charge in [0.1, 0.15) is 0 Å². The molecule has 0 aliphatic heterocycles. The van der Waals surface area contributed by atoms with Gasteiger partial charge in [0, 0.05) is 50.6 Å². The smallest absolute Gasteiger partial charge is 0.0632 e. The molecule has 0 saturated heterocycles. The summed E-state index contributed by atoms with van der Waals surface area (Å²) in [6, 6.07) is 3.69. The minimum atomic E-state index is 0. The van der Waals surface area contributed by atoms with Crippen LogP contribution in [0.15, 0.2) is 0 Å². The summed E-state index contributed by atoms with van der Waals surface area (Å²) in [4.78, 5) is 0. The van der Waals surface area contributed by atoms with Gasteiger partial charge < -0.3 is 0 Å². The average Bonchev–Trinajstić information content (AvgIpc) is 1.61. The Kier molecular flexibility index (Phi) is 30.8. The summed E-state index contributed by atoms with van der Waals surface area (Å²) in [6.07, 6.45) is 0.715. The maximum absolute atomic E-state index is 7.80. The van der Waals surface area contributed by atoms with E-state index in [-0.39, 0.29) is 37.7 Å². The summed E-state index contributed by atoms with van der Waals surface area (Å²) in [5.74, 6) is 0. The summed E-state index contributed by atoms with van der Waals surface area (Å²) < 4.78 is 0. The third kappa shape index (κ3) is 16.4. The van der Waals surface area contributed by atoms with Crippen LogP contribution >= 0.6 is 0 Å². The van der Waals surface area contributed by atoms with Crippen LogP contribution in [0.5, 0.6) is 0 Å². The maximum Gasteiger partial charge on any atom is 0.0632 e. The Labute approximate surface area is 73.2 Å². The number of hydrogen-bond donors (Lipinski definition) is 0. The van der Waals surface area contributed by atoms with Crippen molar-refractivity contribution in [1.29, 1.82) is 10.5 Å². The summed E-state index contributed by atoms with van der Waals surface area (Å²) >= 11 is 0. The van der Waals surface area contributed by atoms with Gasteiger partial charge in [0.2, 0.25) is 0 Å². The molecule has 0 saturated carbocycles. The minimum absolute atomic E-state index is 0. The molecule has 0 aromatic heterocycles. The quantitative estimate of drug-likeness (QED) is 0.340. The van der Waals surface area contributed by atoms with E-state index < -0.39 is 0 Å². The Hall–Kier alpha value is 0.175. The first kappa shape index (κ1) is 15.7. The van der Waals surface area contributed by atoms with E-state index >= 15 is 0 Å². The van der Waals surface area contributed by atoms with E-state index in [4.69, 9.17) is 10.5 Å². The van der Waals surface area contributed by atoms with E-state index in [1.165, 1.54) is 0 Å². The molecule has 8 heavy (non-hydrogen) atoms. The van der Waals surface area contributed by atoms with Crippen molar-refractivity contribution in [2.24, 2.45) is 0 Å². The summed E-state index contributed by atoms with van der Waals surface area (Å²) in [7, 11) is 0. The molecule has 0 aliphatic rings. The van der Waals surface area contributed by atoms with Gasteiger partial charge in [-0.1, -0.05) is 0 Å². The molecule has 0 bridgehead atoms. The van der Waals surface area contributed by atoms with Crippen molar-refractivity contribution < 1.29 is 0 Å². The predicted octanol–water partition coefficient (Wildman–Crippen LogP) is 0.0522. The van der Waals surface area contributed by atoms with Crippen LogP contribution in [-0.4, -0.2) is 37.7 Å². The van der Waals surface area contributed by atoms with Crippen LogP contribution in [0.3, 0.4) is 0 Å². The van der Waals surface area contributed by atoms with E-state index in [0.717, 1.165) is 0 Å². The molecule has 0 amide bonds. The molecule has 0 rings (SSSR count). The third-order valence-corrected chi connectivity index (χ3v) is 0.349. The van der Waals surface area contributed by atoms with Crippen molar-refractivity contribution in [2.75, 3.05) is 0 Å². The molecule has 0 unspecified atom stereocenters. The van der Waals surface area contributed by atoms with E-state index in [1.807, 2.05) is 12.1 Å². The van der Waals surface area contributed by atoms with Gasteiger partial charge in [-0.2, -0.15) is 10.5 Å². The Bertz CT molecular complexity index is 85.6. The first-order chi connectivity index (χ1) is 2.91. The third-order valence-electron chi connectivity index (χ3n) is 0.349. The molecule has 0 aromatic rings. The summed E-state index contributed by atoms with van der Waals surface area (Å²) in [6.45, 7) is 0. The van der Waals surface area contributed by atoms with Crippen LogP contribution in [0.1, 0.15) is 12.8 Å². The molecule has 0 spiro atoms. The standard InChI is InChI=1S/C4H4N2.2Li/c5-3-1-2-4-6;;/h1-2H2;;. The van der Waals surface area contributed by atoms with Crippen molar-refractivity contribution in [1.82, 2.24) is 0 Å². The number of nitrogens with zero attached hydrogens (tertiary/aromatic N) is 2. The first-order valence-corrected chi connectivity index (χ1v) is 1.65. The second-order valence-corrected chi connectivity index (χ2v) is 0.816. The largest absolute Gasteiger partial charge is 0.198 e. The number of nitriles is 2. The zero-order valence-electron chi connectivity index (χ0n) is 5.31. The van der Waals surface area contributed by atoms with Crippen molar-refractivity contribution >= 4 is 37.7 Å². The van der Waals surface area contributed by atoms with Gasteiger partial charge in [-0.05, 0) is 0 Å². The van der Waals surface area contributed by atoms with Gasteiger partial charge in [0.15, 0.2) is 0 Å².